The molecule has 0 radical (unpaired) electrons. The van der Waals surface area contributed by atoms with E-state index in [1.165, 1.54) is 19.2 Å². The predicted octanol–water partition coefficient (Wildman–Crippen LogP) is 3.58. The molecule has 0 aliphatic carbocycles. The van der Waals surface area contributed by atoms with Crippen molar-refractivity contribution in [3.8, 4) is 0 Å². The summed E-state index contributed by atoms with van der Waals surface area (Å²) in [5.74, 6) is -0.385. The molecular formula is C17H23BrCl2N2O4S. The third kappa shape index (κ3) is 4.97. The normalized spacial score (nSPS) is 21.4. The minimum Gasteiger partial charge on any atom is -0.371 e. The van der Waals surface area contributed by atoms with Crippen molar-refractivity contribution < 1.29 is 17.9 Å². The summed E-state index contributed by atoms with van der Waals surface area (Å²) < 4.78 is 33.7. The van der Waals surface area contributed by atoms with Gasteiger partial charge in [0.15, 0.2) is 0 Å². The fourth-order valence-corrected chi connectivity index (χ4v) is 6.47. The number of sulfonamides is 1. The molecule has 0 aromatic heterocycles. The third-order valence-corrected chi connectivity index (χ3v) is 7.53. The highest BCUT2D eigenvalue weighted by Crippen LogP contribution is 2.37. The largest absolute Gasteiger partial charge is 0.371 e. The van der Waals surface area contributed by atoms with Crippen LogP contribution in [0, 0.1) is 0 Å². The molecule has 1 aliphatic heterocycles. The Morgan fingerprint density at radius 3 is 2.52 bits per heavy atom. The van der Waals surface area contributed by atoms with Crippen LogP contribution in [0.2, 0.25) is 10.0 Å². The van der Waals surface area contributed by atoms with Gasteiger partial charge in [-0.25, -0.2) is 8.42 Å². The fourth-order valence-electron chi connectivity index (χ4n) is 3.05. The number of benzene rings is 1. The summed E-state index contributed by atoms with van der Waals surface area (Å²) in [6.45, 7) is 5.73. The van der Waals surface area contributed by atoms with Crippen LogP contribution in [0.1, 0.15) is 32.8 Å². The van der Waals surface area contributed by atoms with Crippen molar-refractivity contribution in [2.45, 2.75) is 55.2 Å². The maximum Gasteiger partial charge on any atom is 0.245 e. The van der Waals surface area contributed by atoms with Crippen LogP contribution in [0.5, 0.6) is 0 Å². The zero-order valence-corrected chi connectivity index (χ0v) is 19.5. The number of nitrogens with zero attached hydrogens (tertiary/aromatic N) is 1. The highest BCUT2D eigenvalue weighted by Gasteiger charge is 2.45. The van der Waals surface area contributed by atoms with Gasteiger partial charge in [-0.1, -0.05) is 39.1 Å². The Bertz CT molecular complexity index is 827. The molecule has 10 heteroatoms. The van der Waals surface area contributed by atoms with Crippen LogP contribution in [-0.4, -0.2) is 50.0 Å². The molecular weight excluding hydrogens is 479 g/mol. The van der Waals surface area contributed by atoms with Crippen molar-refractivity contribution in [2.75, 3.05) is 13.6 Å². The molecule has 6 nitrogen and oxygen atoms in total. The van der Waals surface area contributed by atoms with Crippen LogP contribution < -0.4 is 5.32 Å². The molecule has 1 aromatic carbocycles. The molecule has 1 aromatic rings. The maximum absolute atomic E-state index is 13.3. The molecule has 2 rings (SSSR count). The van der Waals surface area contributed by atoms with E-state index in [1.54, 1.807) is 0 Å². The highest BCUT2D eigenvalue weighted by molar-refractivity contribution is 9.08. The standard InChI is InChI=1S/C17H23BrCl2N2O4S/c1-17(2,3)26-10-7-13(16(23)21-4)22(9-10)27(24,25)14-6-5-12(19)11(8-18)15(14)20/h5-6,10,13H,7-9H2,1-4H3,(H,21,23). The number of amides is 1. The Morgan fingerprint density at radius 1 is 1.37 bits per heavy atom. The van der Waals surface area contributed by atoms with Gasteiger partial charge in [0.05, 0.1) is 16.7 Å². The van der Waals surface area contributed by atoms with E-state index >= 15 is 0 Å². The molecule has 27 heavy (non-hydrogen) atoms. The maximum atomic E-state index is 13.3. The first kappa shape index (κ1) is 22.9. The average Bonchev–Trinajstić information content (AvgIpc) is 2.97. The first-order valence-corrected chi connectivity index (χ1v) is 11.7. The topological polar surface area (TPSA) is 75.7 Å². The van der Waals surface area contributed by atoms with Crippen molar-refractivity contribution in [3.63, 3.8) is 0 Å². The van der Waals surface area contributed by atoms with E-state index < -0.39 is 27.8 Å². The number of hydrogen-bond donors (Lipinski definition) is 1. The van der Waals surface area contributed by atoms with Crippen LogP contribution in [-0.2, 0) is 24.9 Å². The lowest BCUT2D eigenvalue weighted by Crippen LogP contribution is -2.45. The lowest BCUT2D eigenvalue weighted by atomic mass is 10.1. The van der Waals surface area contributed by atoms with Crippen LogP contribution in [0.4, 0.5) is 0 Å². The Kier molecular flexibility index (Phi) is 7.25. The van der Waals surface area contributed by atoms with E-state index in [0.717, 1.165) is 4.31 Å². The smallest absolute Gasteiger partial charge is 0.245 e. The summed E-state index contributed by atoms with van der Waals surface area (Å²) in [5.41, 5.74) is 0.0243. The molecule has 1 N–H and O–H groups in total. The quantitative estimate of drug-likeness (QED) is 0.625. The minimum absolute atomic E-state index is 0.0511. The van der Waals surface area contributed by atoms with Crippen LogP contribution >= 0.6 is 39.1 Å². The molecule has 0 spiro atoms. The monoisotopic (exact) mass is 500 g/mol. The summed E-state index contributed by atoms with van der Waals surface area (Å²) in [7, 11) is -2.55. The Balaban J connectivity index is 2.47. The zero-order chi connectivity index (χ0) is 20.6. The van der Waals surface area contributed by atoms with Crippen LogP contribution in [0.3, 0.4) is 0 Å². The summed E-state index contributed by atoms with van der Waals surface area (Å²) >= 11 is 15.7. The number of rotatable bonds is 5. The molecule has 1 fully saturated rings. The van der Waals surface area contributed by atoms with Gasteiger partial charge in [-0.2, -0.15) is 4.31 Å². The Hall–Kier alpha value is -0.380. The van der Waals surface area contributed by atoms with Gasteiger partial charge < -0.3 is 10.1 Å². The van der Waals surface area contributed by atoms with E-state index in [2.05, 4.69) is 21.2 Å². The second-order valence-corrected chi connectivity index (χ2v) is 10.5. The molecule has 2 atom stereocenters. The number of likely N-dealkylation sites (N-methyl/N-ethyl adjacent to an activating group) is 1. The summed E-state index contributed by atoms with van der Waals surface area (Å²) in [6, 6.07) is 1.99. The van der Waals surface area contributed by atoms with E-state index in [1.807, 2.05) is 20.8 Å². The summed E-state index contributed by atoms with van der Waals surface area (Å²) in [4.78, 5) is 12.3. The van der Waals surface area contributed by atoms with Gasteiger partial charge in [0.25, 0.3) is 0 Å². The van der Waals surface area contributed by atoms with Gasteiger partial charge in [-0.15, -0.1) is 0 Å². The second kappa shape index (κ2) is 8.55. The van der Waals surface area contributed by atoms with Crippen molar-refractivity contribution in [1.82, 2.24) is 9.62 Å². The van der Waals surface area contributed by atoms with Crippen LogP contribution in [0.25, 0.3) is 0 Å². The van der Waals surface area contributed by atoms with Crippen LogP contribution in [0.15, 0.2) is 17.0 Å². The SMILES string of the molecule is CNC(=O)C1CC(OC(C)(C)C)CN1S(=O)(=O)c1ccc(Cl)c(CBr)c1Cl. The summed E-state index contributed by atoms with van der Waals surface area (Å²) in [5, 5.41) is 3.26. The number of nitrogens with one attached hydrogen (secondary N) is 1. The van der Waals surface area contributed by atoms with Gasteiger partial charge in [0.2, 0.25) is 15.9 Å². The number of alkyl halides is 1. The average molecular weight is 502 g/mol. The lowest BCUT2D eigenvalue weighted by Gasteiger charge is -2.25. The second-order valence-electron chi connectivity index (χ2n) is 7.26. The number of ether oxygens (including phenoxy) is 1. The molecule has 1 aliphatic rings. The fraction of sp³-hybridized carbons (Fsp3) is 0.588. The van der Waals surface area contributed by atoms with E-state index in [9.17, 15) is 13.2 Å². The molecule has 1 amide bonds. The first-order valence-electron chi connectivity index (χ1n) is 8.36. The highest BCUT2D eigenvalue weighted by atomic mass is 79.9. The Labute approximate surface area is 178 Å². The molecule has 2 unspecified atom stereocenters. The molecule has 1 saturated heterocycles. The predicted molar refractivity (Wildman–Crippen MR) is 110 cm³/mol. The number of carbonyl (C=O) groups excluding carboxylic acids is 1. The molecule has 0 bridgehead atoms. The molecule has 1 heterocycles. The van der Waals surface area contributed by atoms with Gasteiger partial charge >= 0.3 is 0 Å². The van der Waals surface area contributed by atoms with E-state index in [4.69, 9.17) is 27.9 Å². The van der Waals surface area contributed by atoms with Crippen molar-refractivity contribution >= 4 is 55.1 Å². The van der Waals surface area contributed by atoms with E-state index in [-0.39, 0.29) is 28.8 Å². The first-order chi connectivity index (χ1) is 12.4. The van der Waals surface area contributed by atoms with Crippen molar-refractivity contribution in [1.29, 1.82) is 0 Å². The van der Waals surface area contributed by atoms with Gasteiger partial charge in [-0.05, 0) is 32.9 Å². The molecule has 0 saturated carbocycles. The van der Waals surface area contributed by atoms with Gasteiger partial charge in [-0.3, -0.25) is 4.79 Å². The number of halogens is 3. The van der Waals surface area contributed by atoms with Crippen molar-refractivity contribution in [3.05, 3.63) is 27.7 Å². The number of carbonyl (C=O) groups is 1. The van der Waals surface area contributed by atoms with Gasteiger partial charge in [0, 0.05) is 35.9 Å². The Morgan fingerprint density at radius 2 is 2.00 bits per heavy atom. The molecule has 152 valence electrons. The van der Waals surface area contributed by atoms with E-state index in [0.29, 0.717) is 15.9 Å². The number of hydrogen-bond acceptors (Lipinski definition) is 4. The lowest BCUT2D eigenvalue weighted by molar-refractivity contribution is -0.124. The van der Waals surface area contributed by atoms with Gasteiger partial charge in [0.1, 0.15) is 10.9 Å². The zero-order valence-electron chi connectivity index (χ0n) is 15.6. The minimum atomic E-state index is -4.03. The third-order valence-electron chi connectivity index (χ3n) is 4.16. The van der Waals surface area contributed by atoms with Crippen molar-refractivity contribution in [2.24, 2.45) is 0 Å². The summed E-state index contributed by atoms with van der Waals surface area (Å²) in [6.07, 6.45) is -0.129.